The summed E-state index contributed by atoms with van der Waals surface area (Å²) in [5.74, 6) is 2.34. The first kappa shape index (κ1) is 94.7. The van der Waals surface area contributed by atoms with Gasteiger partial charge in [-0.25, -0.2) is 0 Å². The Balaban J connectivity index is 1.52. The number of rotatable bonds is 21. The zero-order valence-electron chi connectivity index (χ0n) is 81.9. The molecule has 9 aromatic carbocycles. The van der Waals surface area contributed by atoms with Gasteiger partial charge in [-0.05, 0) is 255 Å². The molecule has 0 N–H and O–H groups in total. The summed E-state index contributed by atoms with van der Waals surface area (Å²) in [6, 6.07) is 58.4. The molecule has 0 aliphatic carbocycles. The average molecular weight is 1610 g/mol. The van der Waals surface area contributed by atoms with E-state index in [1.54, 1.807) is 0 Å². The Kier molecular flexibility index (Phi) is 27.8. The van der Waals surface area contributed by atoms with Crippen LogP contribution in [0.1, 0.15) is 392 Å². The van der Waals surface area contributed by atoms with Gasteiger partial charge in [-0.15, -0.1) is 0 Å². The van der Waals surface area contributed by atoms with Gasteiger partial charge in [0.2, 0.25) is 0 Å². The highest BCUT2D eigenvalue weighted by atomic mass is 31.2. The quantitative estimate of drug-likeness (QED) is 0.0671. The van der Waals surface area contributed by atoms with Gasteiger partial charge in [0, 0.05) is 16.7 Å². The fraction of sp³-hybridized carbons (Fsp3) is 0.526. The van der Waals surface area contributed by atoms with E-state index in [1.807, 2.05) is 0 Å². The first-order chi connectivity index (χ1) is 54.0. The van der Waals surface area contributed by atoms with Crippen LogP contribution in [0.4, 0.5) is 0 Å². The molecule has 0 spiro atoms. The molecular formula is C114H159O3P. The standard InChI is InChI=1S/C114H159O3P/c1-40-43-46-88-97(64-61-82(79-55-49-73(103(4,5)6)67-91(79)109(22,23)24)100(88)85-58-52-76(106(13,14)15)70-94(85)112(31,32)33)115-118(116-98-65-62-83(80-56-50-74(104(7,8)9)68-92(80)110(25,26)27)101(89(98)47-44-41-2)86-59-53-77(107(16,17)18)71-95(86)113(34,35)36)117-99-66-63-84(81-57-51-75(105(10,11)12)69-93(81)111(28,29)30)102(90(99)48-45-42-3)87-60-54-78(108(19,20)21)72-96(87)114(37,38)39/h49-72H,40-48H2,1-39H3. The molecule has 118 heavy (non-hydrogen) atoms. The molecule has 0 saturated carbocycles. The van der Waals surface area contributed by atoms with Gasteiger partial charge >= 0.3 is 8.60 Å². The second-order valence-electron chi connectivity index (χ2n) is 47.3. The molecule has 0 unspecified atom stereocenters. The van der Waals surface area contributed by atoms with E-state index in [0.717, 1.165) is 75.0 Å². The van der Waals surface area contributed by atoms with E-state index in [9.17, 15) is 0 Å². The van der Waals surface area contributed by atoms with Crippen LogP contribution in [-0.4, -0.2) is 0 Å². The van der Waals surface area contributed by atoms with Crippen molar-refractivity contribution in [2.45, 2.75) is 393 Å². The molecule has 3 nitrogen and oxygen atoms in total. The van der Waals surface area contributed by atoms with Crippen LogP contribution < -0.4 is 13.6 Å². The van der Waals surface area contributed by atoms with Gasteiger partial charge in [-0.1, -0.05) is 417 Å². The van der Waals surface area contributed by atoms with Gasteiger partial charge in [0.05, 0.1) is 0 Å². The number of hydrogen-bond acceptors (Lipinski definition) is 3. The summed E-state index contributed by atoms with van der Waals surface area (Å²) in [5.41, 5.74) is 32.4. The minimum atomic E-state index is -2.40. The fourth-order valence-corrected chi connectivity index (χ4v) is 18.1. The summed E-state index contributed by atoms with van der Waals surface area (Å²) in [6.07, 6.45) is 8.11. The Hall–Kier alpha value is -7.19. The van der Waals surface area contributed by atoms with Gasteiger partial charge in [0.15, 0.2) is 0 Å². The molecule has 638 valence electrons. The molecular weight excluding hydrogens is 1450 g/mol. The monoisotopic (exact) mass is 1610 g/mol. The lowest BCUT2D eigenvalue weighted by Gasteiger charge is -2.33. The highest BCUT2D eigenvalue weighted by Crippen LogP contribution is 2.57. The van der Waals surface area contributed by atoms with E-state index in [0.29, 0.717) is 0 Å². The Morgan fingerprint density at radius 2 is 0.356 bits per heavy atom. The highest BCUT2D eigenvalue weighted by molar-refractivity contribution is 7.43. The summed E-state index contributed by atoms with van der Waals surface area (Å²) in [6.45, 7) is 92.4. The molecule has 0 aliphatic heterocycles. The summed E-state index contributed by atoms with van der Waals surface area (Å²) in [4.78, 5) is 0. The van der Waals surface area contributed by atoms with Crippen molar-refractivity contribution in [2.75, 3.05) is 0 Å². The van der Waals surface area contributed by atoms with Crippen LogP contribution in [0, 0.1) is 0 Å². The third-order valence-electron chi connectivity index (χ3n) is 24.5. The first-order valence-electron chi connectivity index (χ1n) is 45.3. The number of hydrogen-bond donors (Lipinski definition) is 0. The Morgan fingerprint density at radius 3 is 0.517 bits per heavy atom. The maximum absolute atomic E-state index is 8.31. The third-order valence-corrected chi connectivity index (χ3v) is 25.5. The van der Waals surface area contributed by atoms with E-state index in [4.69, 9.17) is 13.6 Å². The predicted molar refractivity (Wildman–Crippen MR) is 521 cm³/mol. The lowest BCUT2D eigenvalue weighted by atomic mass is 9.73. The molecule has 0 aromatic heterocycles. The Morgan fingerprint density at radius 1 is 0.195 bits per heavy atom. The van der Waals surface area contributed by atoms with Gasteiger partial charge in [0.25, 0.3) is 0 Å². The van der Waals surface area contributed by atoms with Crippen molar-refractivity contribution >= 4 is 8.60 Å². The maximum atomic E-state index is 8.31. The zero-order valence-corrected chi connectivity index (χ0v) is 82.8. The normalized spacial score (nSPS) is 13.4. The van der Waals surface area contributed by atoms with Crippen LogP contribution in [0.2, 0.25) is 0 Å². The molecule has 0 radical (unpaired) electrons. The summed E-state index contributed by atoms with van der Waals surface area (Å²) in [5, 5.41) is 0. The fourth-order valence-electron chi connectivity index (χ4n) is 17.0. The molecule has 0 fully saturated rings. The molecule has 0 bridgehead atoms. The minimum absolute atomic E-state index is 0.0582. The highest BCUT2D eigenvalue weighted by Gasteiger charge is 2.38. The van der Waals surface area contributed by atoms with E-state index in [1.165, 1.54) is 150 Å². The van der Waals surface area contributed by atoms with E-state index in [-0.39, 0.29) is 65.0 Å². The van der Waals surface area contributed by atoms with Crippen molar-refractivity contribution in [2.24, 2.45) is 0 Å². The molecule has 0 aliphatic rings. The van der Waals surface area contributed by atoms with Crippen LogP contribution in [-0.2, 0) is 84.2 Å². The second kappa shape index (κ2) is 34.6. The van der Waals surface area contributed by atoms with E-state index in [2.05, 4.69) is 416 Å². The van der Waals surface area contributed by atoms with Gasteiger partial charge in [-0.2, -0.15) is 0 Å². The SMILES string of the molecule is CCCCc1c(OP(Oc2ccc(-c3ccc(C(C)(C)C)cc3C(C)(C)C)c(-c3ccc(C(C)(C)C)cc3C(C)(C)C)c2CCCC)Oc2ccc(-c3ccc(C(C)(C)C)cc3C(C)(C)C)c(-c3ccc(C(C)(C)C)cc3C(C)(C)C)c2CCCC)ccc(-c2ccc(C(C)(C)C)cc2C(C)(C)C)c1-c1ccc(C(C)(C)C)cc1C(C)(C)C. The molecule has 9 rings (SSSR count). The largest absolute Gasteiger partial charge is 0.530 e. The van der Waals surface area contributed by atoms with Crippen LogP contribution >= 0.6 is 8.60 Å². The average Bonchev–Trinajstić information content (AvgIpc) is 0.746. The number of benzene rings is 9. The van der Waals surface area contributed by atoms with Crippen LogP contribution in [0.5, 0.6) is 17.2 Å². The summed E-state index contributed by atoms with van der Waals surface area (Å²) in [7, 11) is -2.40. The predicted octanol–water partition coefficient (Wildman–Crippen LogP) is 35.1. The molecule has 0 saturated heterocycles. The lowest BCUT2D eigenvalue weighted by Crippen LogP contribution is -2.19. The summed E-state index contributed by atoms with van der Waals surface area (Å²) < 4.78 is 24.9. The first-order valence-corrected chi connectivity index (χ1v) is 46.3. The topological polar surface area (TPSA) is 27.7 Å². The van der Waals surface area contributed by atoms with Gasteiger partial charge in [0.1, 0.15) is 17.2 Å². The maximum Gasteiger partial charge on any atom is 0.530 e. The summed E-state index contributed by atoms with van der Waals surface area (Å²) >= 11 is 0. The molecule has 4 heteroatoms. The van der Waals surface area contributed by atoms with Crippen molar-refractivity contribution in [1.29, 1.82) is 0 Å². The molecule has 0 heterocycles. The van der Waals surface area contributed by atoms with Crippen molar-refractivity contribution in [3.05, 3.63) is 229 Å². The molecule has 9 aromatic rings. The van der Waals surface area contributed by atoms with Gasteiger partial charge < -0.3 is 13.6 Å². The Bertz CT molecular complexity index is 4540. The zero-order chi connectivity index (χ0) is 88.4. The van der Waals surface area contributed by atoms with E-state index >= 15 is 0 Å². The van der Waals surface area contributed by atoms with Crippen molar-refractivity contribution in [3.8, 4) is 84.0 Å². The third kappa shape index (κ3) is 21.6. The van der Waals surface area contributed by atoms with Crippen LogP contribution in [0.3, 0.4) is 0 Å². The Labute approximate surface area is 723 Å². The minimum Gasteiger partial charge on any atom is -0.408 e. The van der Waals surface area contributed by atoms with Crippen LogP contribution in [0.15, 0.2) is 146 Å². The number of unbranched alkanes of at least 4 members (excludes halogenated alkanes) is 3. The van der Waals surface area contributed by atoms with Crippen LogP contribution in [0.25, 0.3) is 66.8 Å². The van der Waals surface area contributed by atoms with Gasteiger partial charge in [-0.3, -0.25) is 0 Å². The molecule has 0 amide bonds. The molecule has 0 atom stereocenters. The van der Waals surface area contributed by atoms with Crippen molar-refractivity contribution in [3.63, 3.8) is 0 Å². The van der Waals surface area contributed by atoms with Crippen molar-refractivity contribution < 1.29 is 13.6 Å². The lowest BCUT2D eigenvalue weighted by molar-refractivity contribution is 0.382. The van der Waals surface area contributed by atoms with Crippen molar-refractivity contribution in [1.82, 2.24) is 0 Å². The smallest absolute Gasteiger partial charge is 0.408 e. The second-order valence-corrected chi connectivity index (χ2v) is 48.3. The van der Waals surface area contributed by atoms with E-state index < -0.39 is 8.60 Å².